The summed E-state index contributed by atoms with van der Waals surface area (Å²) < 4.78 is 11.3. The molecule has 0 aliphatic carbocycles. The van der Waals surface area contributed by atoms with Crippen molar-refractivity contribution < 1.29 is 13.9 Å². The van der Waals surface area contributed by atoms with Gasteiger partial charge in [-0.15, -0.1) is 0 Å². The fourth-order valence-corrected chi connectivity index (χ4v) is 4.04. The quantitative estimate of drug-likeness (QED) is 0.532. The normalized spacial score (nSPS) is 16.9. The van der Waals surface area contributed by atoms with Gasteiger partial charge in [-0.3, -0.25) is 9.69 Å². The summed E-state index contributed by atoms with van der Waals surface area (Å²) in [4.78, 5) is 19.3. The predicted octanol–water partition coefficient (Wildman–Crippen LogP) is 4.66. The Morgan fingerprint density at radius 2 is 1.94 bits per heavy atom. The van der Waals surface area contributed by atoms with Crippen LogP contribution in [0.2, 0.25) is 0 Å². The van der Waals surface area contributed by atoms with Crippen molar-refractivity contribution in [1.82, 2.24) is 15.2 Å². The molecule has 1 aliphatic heterocycles. The van der Waals surface area contributed by atoms with E-state index in [2.05, 4.69) is 77.6 Å². The molecule has 32 heavy (non-hydrogen) atoms. The van der Waals surface area contributed by atoms with Gasteiger partial charge in [0, 0.05) is 25.7 Å². The number of oxazole rings is 1. The fraction of sp³-hybridized carbons (Fsp3) is 0.385. The lowest BCUT2D eigenvalue weighted by Gasteiger charge is -2.29. The van der Waals surface area contributed by atoms with E-state index in [0.29, 0.717) is 24.7 Å². The number of aromatic nitrogens is 1. The standard InChI is InChI=1S/C26H31N3O3/c1-19-9-6-7-12-22(19)16-29(20(2)21-10-4-3-5-11-21)17-25-28-24(18-32-25)26(30)27-15-23-13-8-14-31-23/h3-7,9-12,18,20,23H,8,13-17H2,1-2H3,(H,27,30). The third-order valence-corrected chi connectivity index (χ3v) is 6.10. The summed E-state index contributed by atoms with van der Waals surface area (Å²) in [5, 5.41) is 2.90. The van der Waals surface area contributed by atoms with Gasteiger partial charge in [-0.1, -0.05) is 54.6 Å². The molecule has 2 aromatic carbocycles. The van der Waals surface area contributed by atoms with E-state index in [1.807, 2.05) is 6.07 Å². The highest BCUT2D eigenvalue weighted by Gasteiger charge is 2.22. The summed E-state index contributed by atoms with van der Waals surface area (Å²) >= 11 is 0. The van der Waals surface area contributed by atoms with Crippen LogP contribution in [0.5, 0.6) is 0 Å². The lowest BCUT2D eigenvalue weighted by Crippen LogP contribution is -2.32. The van der Waals surface area contributed by atoms with Crippen LogP contribution in [0, 0.1) is 6.92 Å². The number of carbonyl (C=O) groups excluding carboxylic acids is 1. The van der Waals surface area contributed by atoms with Crippen molar-refractivity contribution in [2.45, 2.75) is 51.9 Å². The lowest BCUT2D eigenvalue weighted by atomic mass is 10.0. The van der Waals surface area contributed by atoms with Crippen molar-refractivity contribution in [3.8, 4) is 0 Å². The van der Waals surface area contributed by atoms with E-state index in [-0.39, 0.29) is 18.1 Å². The Morgan fingerprint density at radius 3 is 2.69 bits per heavy atom. The molecule has 2 unspecified atom stereocenters. The molecule has 1 N–H and O–H groups in total. The van der Waals surface area contributed by atoms with Crippen LogP contribution in [0.3, 0.4) is 0 Å². The number of nitrogens with zero attached hydrogens (tertiary/aromatic N) is 2. The zero-order valence-corrected chi connectivity index (χ0v) is 18.8. The van der Waals surface area contributed by atoms with Crippen LogP contribution in [-0.4, -0.2) is 35.0 Å². The predicted molar refractivity (Wildman–Crippen MR) is 123 cm³/mol. The van der Waals surface area contributed by atoms with E-state index in [1.54, 1.807) is 0 Å². The Kier molecular flexibility index (Phi) is 7.35. The molecule has 1 saturated heterocycles. The molecular weight excluding hydrogens is 402 g/mol. The maximum absolute atomic E-state index is 12.5. The summed E-state index contributed by atoms with van der Waals surface area (Å²) in [6, 6.07) is 19.0. The van der Waals surface area contributed by atoms with Gasteiger partial charge < -0.3 is 14.5 Å². The van der Waals surface area contributed by atoms with Crippen LogP contribution in [0.4, 0.5) is 0 Å². The maximum atomic E-state index is 12.5. The first kappa shape index (κ1) is 22.2. The van der Waals surface area contributed by atoms with E-state index in [1.165, 1.54) is 23.0 Å². The largest absolute Gasteiger partial charge is 0.447 e. The van der Waals surface area contributed by atoms with Gasteiger partial charge in [0.1, 0.15) is 6.26 Å². The summed E-state index contributed by atoms with van der Waals surface area (Å²) in [5.41, 5.74) is 4.04. The molecule has 1 amide bonds. The van der Waals surface area contributed by atoms with Crippen molar-refractivity contribution in [3.05, 3.63) is 89.1 Å². The van der Waals surface area contributed by atoms with Crippen molar-refractivity contribution >= 4 is 5.91 Å². The number of nitrogens with one attached hydrogen (secondary N) is 1. The van der Waals surface area contributed by atoms with Crippen LogP contribution < -0.4 is 5.32 Å². The van der Waals surface area contributed by atoms with Gasteiger partial charge in [0.25, 0.3) is 5.91 Å². The number of amides is 1. The SMILES string of the molecule is Cc1ccccc1CN(Cc1nc(C(=O)NCC2CCCO2)co1)C(C)c1ccccc1. The highest BCUT2D eigenvalue weighted by atomic mass is 16.5. The second-order valence-corrected chi connectivity index (χ2v) is 8.39. The summed E-state index contributed by atoms with van der Waals surface area (Å²) in [5.74, 6) is 0.306. The fourth-order valence-electron chi connectivity index (χ4n) is 4.04. The highest BCUT2D eigenvalue weighted by Crippen LogP contribution is 2.25. The molecule has 2 heterocycles. The third-order valence-electron chi connectivity index (χ3n) is 6.10. The van der Waals surface area contributed by atoms with Crippen LogP contribution in [0.15, 0.2) is 65.3 Å². The van der Waals surface area contributed by atoms with E-state index < -0.39 is 0 Å². The van der Waals surface area contributed by atoms with Gasteiger partial charge in [0.05, 0.1) is 12.6 Å². The molecule has 6 heteroatoms. The Labute approximate surface area is 189 Å². The van der Waals surface area contributed by atoms with Crippen LogP contribution in [-0.2, 0) is 17.8 Å². The number of ether oxygens (including phenoxy) is 1. The van der Waals surface area contributed by atoms with E-state index in [4.69, 9.17) is 9.15 Å². The first-order chi connectivity index (χ1) is 15.6. The van der Waals surface area contributed by atoms with Gasteiger partial charge in [-0.2, -0.15) is 0 Å². The molecule has 2 atom stereocenters. The lowest BCUT2D eigenvalue weighted by molar-refractivity contribution is 0.0853. The monoisotopic (exact) mass is 433 g/mol. The Hall–Kier alpha value is -2.96. The van der Waals surface area contributed by atoms with Crippen molar-refractivity contribution in [1.29, 1.82) is 0 Å². The number of aryl methyl sites for hydroxylation is 1. The topological polar surface area (TPSA) is 67.6 Å². The summed E-state index contributed by atoms with van der Waals surface area (Å²) in [7, 11) is 0. The van der Waals surface area contributed by atoms with Crippen molar-refractivity contribution in [2.24, 2.45) is 0 Å². The number of benzene rings is 2. The second-order valence-electron chi connectivity index (χ2n) is 8.39. The Bertz CT molecular complexity index is 1010. The molecule has 4 rings (SSSR count). The average Bonchev–Trinajstić information content (AvgIpc) is 3.51. The summed E-state index contributed by atoms with van der Waals surface area (Å²) in [6.45, 7) is 6.85. The first-order valence-electron chi connectivity index (χ1n) is 11.3. The number of carbonyl (C=O) groups is 1. The second kappa shape index (κ2) is 10.6. The zero-order chi connectivity index (χ0) is 22.3. The van der Waals surface area contributed by atoms with E-state index in [9.17, 15) is 4.79 Å². The molecule has 3 aromatic rings. The van der Waals surface area contributed by atoms with Crippen LogP contribution in [0.25, 0.3) is 0 Å². The number of rotatable bonds is 9. The molecule has 6 nitrogen and oxygen atoms in total. The zero-order valence-electron chi connectivity index (χ0n) is 18.8. The molecule has 0 saturated carbocycles. The van der Waals surface area contributed by atoms with Gasteiger partial charge in [-0.25, -0.2) is 4.98 Å². The highest BCUT2D eigenvalue weighted by molar-refractivity contribution is 5.91. The first-order valence-corrected chi connectivity index (χ1v) is 11.3. The van der Waals surface area contributed by atoms with E-state index >= 15 is 0 Å². The molecular formula is C26H31N3O3. The van der Waals surface area contributed by atoms with Crippen molar-refractivity contribution in [3.63, 3.8) is 0 Å². The van der Waals surface area contributed by atoms with Gasteiger partial charge in [0.15, 0.2) is 5.69 Å². The smallest absolute Gasteiger partial charge is 0.273 e. The number of hydrogen-bond donors (Lipinski definition) is 1. The van der Waals surface area contributed by atoms with Crippen LogP contribution >= 0.6 is 0 Å². The molecule has 168 valence electrons. The average molecular weight is 434 g/mol. The van der Waals surface area contributed by atoms with Gasteiger partial charge in [-0.05, 0) is 43.4 Å². The molecule has 1 aliphatic rings. The minimum absolute atomic E-state index is 0.0987. The number of hydrogen-bond acceptors (Lipinski definition) is 5. The Morgan fingerprint density at radius 1 is 1.16 bits per heavy atom. The van der Waals surface area contributed by atoms with Gasteiger partial charge >= 0.3 is 0 Å². The molecule has 1 fully saturated rings. The minimum atomic E-state index is -0.225. The molecule has 0 spiro atoms. The molecule has 0 bridgehead atoms. The maximum Gasteiger partial charge on any atom is 0.273 e. The minimum Gasteiger partial charge on any atom is -0.447 e. The third kappa shape index (κ3) is 5.64. The van der Waals surface area contributed by atoms with Gasteiger partial charge in [0.2, 0.25) is 5.89 Å². The molecule has 0 radical (unpaired) electrons. The van der Waals surface area contributed by atoms with Crippen LogP contribution in [0.1, 0.15) is 58.9 Å². The summed E-state index contributed by atoms with van der Waals surface area (Å²) in [6.07, 6.45) is 3.57. The van der Waals surface area contributed by atoms with E-state index in [0.717, 1.165) is 26.0 Å². The molecule has 1 aromatic heterocycles. The Balaban J connectivity index is 1.47. The van der Waals surface area contributed by atoms with Crippen molar-refractivity contribution in [2.75, 3.05) is 13.2 Å².